The fourth-order valence-electron chi connectivity index (χ4n) is 2.65. The Bertz CT molecular complexity index is 513. The fraction of sp³-hybridized carbons (Fsp3) is 0.429. The summed E-state index contributed by atoms with van der Waals surface area (Å²) < 4.78 is 0. The summed E-state index contributed by atoms with van der Waals surface area (Å²) in [4.78, 5) is 23.2. The fourth-order valence-corrected chi connectivity index (χ4v) is 2.65. The zero-order valence-electron chi connectivity index (χ0n) is 11.1. The van der Waals surface area contributed by atoms with Crippen LogP contribution in [0.4, 0.5) is 0 Å². The van der Waals surface area contributed by atoms with E-state index in [0.29, 0.717) is 18.5 Å². The molecule has 0 aliphatic carbocycles. The van der Waals surface area contributed by atoms with E-state index in [2.05, 4.69) is 10.9 Å². The molecule has 1 aliphatic rings. The van der Waals surface area contributed by atoms with Crippen LogP contribution < -0.4 is 10.9 Å². The number of carboxylic acids is 1. The summed E-state index contributed by atoms with van der Waals surface area (Å²) in [7, 11) is 0. The number of benzene rings is 1. The number of carboxylic acid groups (broad SMARTS) is 1. The van der Waals surface area contributed by atoms with E-state index in [0.717, 1.165) is 11.1 Å². The van der Waals surface area contributed by atoms with Crippen LogP contribution in [0, 0.1) is 5.92 Å². The number of hydrogen-bond acceptors (Lipinski definition) is 3. The lowest BCUT2D eigenvalue weighted by Gasteiger charge is -2.26. The third-order valence-corrected chi connectivity index (χ3v) is 3.72. The van der Waals surface area contributed by atoms with Gasteiger partial charge in [-0.2, -0.15) is 0 Å². The molecular weight excluding hydrogens is 244 g/mol. The maximum absolute atomic E-state index is 12.0. The SMILES string of the molecule is CC[C@@H](c1cccc2c1C(=O)NNC2)[C@H](C)C(=O)O. The lowest BCUT2D eigenvalue weighted by molar-refractivity contribution is -0.141. The molecule has 0 unspecified atom stereocenters. The Hall–Kier alpha value is -1.88. The Kier molecular flexibility index (Phi) is 3.85. The van der Waals surface area contributed by atoms with Crippen molar-refractivity contribution in [2.45, 2.75) is 32.7 Å². The van der Waals surface area contributed by atoms with Crippen LogP contribution in [0.1, 0.15) is 47.7 Å². The van der Waals surface area contributed by atoms with Gasteiger partial charge in [0.2, 0.25) is 0 Å². The predicted octanol–water partition coefficient (Wildman–Crippen LogP) is 1.65. The number of nitrogens with one attached hydrogen (secondary N) is 2. The highest BCUT2D eigenvalue weighted by Crippen LogP contribution is 2.32. The second-order valence-corrected chi connectivity index (χ2v) is 4.83. The maximum Gasteiger partial charge on any atom is 0.306 e. The molecule has 0 fully saturated rings. The Morgan fingerprint density at radius 3 is 2.84 bits per heavy atom. The lowest BCUT2D eigenvalue weighted by Crippen LogP contribution is -2.43. The predicted molar refractivity (Wildman–Crippen MR) is 70.6 cm³/mol. The van der Waals surface area contributed by atoms with E-state index in [1.807, 2.05) is 25.1 Å². The number of aliphatic carboxylic acids is 1. The van der Waals surface area contributed by atoms with E-state index in [1.54, 1.807) is 6.92 Å². The van der Waals surface area contributed by atoms with Crippen molar-refractivity contribution >= 4 is 11.9 Å². The molecule has 0 saturated heterocycles. The molecule has 1 aromatic rings. The van der Waals surface area contributed by atoms with Crippen molar-refractivity contribution in [2.75, 3.05) is 0 Å². The van der Waals surface area contributed by atoms with Crippen molar-refractivity contribution in [3.63, 3.8) is 0 Å². The molecule has 1 amide bonds. The average molecular weight is 262 g/mol. The molecule has 1 aromatic carbocycles. The minimum Gasteiger partial charge on any atom is -0.481 e. The van der Waals surface area contributed by atoms with Gasteiger partial charge in [0.15, 0.2) is 0 Å². The van der Waals surface area contributed by atoms with E-state index in [9.17, 15) is 14.7 Å². The highest BCUT2D eigenvalue weighted by molar-refractivity contribution is 5.98. The Morgan fingerprint density at radius 1 is 1.47 bits per heavy atom. The first-order chi connectivity index (χ1) is 9.06. The number of fused-ring (bicyclic) bond motifs is 1. The monoisotopic (exact) mass is 262 g/mol. The van der Waals surface area contributed by atoms with Gasteiger partial charge in [0.1, 0.15) is 0 Å². The van der Waals surface area contributed by atoms with Gasteiger partial charge in [-0.25, -0.2) is 5.43 Å². The second kappa shape index (κ2) is 5.40. The van der Waals surface area contributed by atoms with Crippen molar-refractivity contribution in [1.82, 2.24) is 10.9 Å². The molecule has 1 heterocycles. The quantitative estimate of drug-likeness (QED) is 0.771. The summed E-state index contributed by atoms with van der Waals surface area (Å²) in [6, 6.07) is 5.63. The summed E-state index contributed by atoms with van der Waals surface area (Å²) in [5.41, 5.74) is 7.77. The zero-order valence-corrected chi connectivity index (χ0v) is 11.1. The number of hydrogen-bond donors (Lipinski definition) is 3. The van der Waals surface area contributed by atoms with Crippen LogP contribution in [-0.4, -0.2) is 17.0 Å². The van der Waals surface area contributed by atoms with E-state index < -0.39 is 11.9 Å². The van der Waals surface area contributed by atoms with Gasteiger partial charge in [-0.1, -0.05) is 32.0 Å². The molecule has 5 heteroatoms. The van der Waals surface area contributed by atoms with Gasteiger partial charge in [0, 0.05) is 12.1 Å². The molecule has 102 valence electrons. The standard InChI is InChI=1S/C14H18N2O3/c1-3-10(8(2)14(18)19)11-6-4-5-9-7-15-16-13(17)12(9)11/h4-6,8,10,15H,3,7H2,1-2H3,(H,16,17)(H,18,19)/t8-,10+/m0/s1. The Labute approximate surface area is 112 Å². The summed E-state index contributed by atoms with van der Waals surface area (Å²) in [6.45, 7) is 4.20. The number of amides is 1. The summed E-state index contributed by atoms with van der Waals surface area (Å²) in [5.74, 6) is -1.69. The number of rotatable bonds is 4. The highest BCUT2D eigenvalue weighted by Gasteiger charge is 2.29. The summed E-state index contributed by atoms with van der Waals surface area (Å²) in [5, 5.41) is 9.20. The molecule has 1 aliphatic heterocycles. The minimum atomic E-state index is -0.834. The van der Waals surface area contributed by atoms with Gasteiger partial charge >= 0.3 is 5.97 Å². The molecule has 0 bridgehead atoms. The topological polar surface area (TPSA) is 78.4 Å². The molecule has 5 nitrogen and oxygen atoms in total. The van der Waals surface area contributed by atoms with Crippen molar-refractivity contribution in [3.8, 4) is 0 Å². The van der Waals surface area contributed by atoms with E-state index in [4.69, 9.17) is 0 Å². The van der Waals surface area contributed by atoms with Gasteiger partial charge < -0.3 is 5.11 Å². The Morgan fingerprint density at radius 2 is 2.21 bits per heavy atom. The molecular formula is C14H18N2O3. The third kappa shape index (κ3) is 2.46. The Balaban J connectivity index is 2.49. The molecule has 19 heavy (non-hydrogen) atoms. The van der Waals surface area contributed by atoms with Crippen molar-refractivity contribution in [1.29, 1.82) is 0 Å². The molecule has 0 aromatic heterocycles. The largest absolute Gasteiger partial charge is 0.481 e. The first-order valence-electron chi connectivity index (χ1n) is 6.44. The summed E-state index contributed by atoms with van der Waals surface area (Å²) >= 11 is 0. The van der Waals surface area contributed by atoms with Crippen LogP contribution in [0.2, 0.25) is 0 Å². The van der Waals surface area contributed by atoms with Crippen LogP contribution >= 0.6 is 0 Å². The number of hydrazine groups is 1. The van der Waals surface area contributed by atoms with Crippen molar-refractivity contribution < 1.29 is 14.7 Å². The van der Waals surface area contributed by atoms with Gasteiger partial charge in [-0.3, -0.25) is 15.0 Å². The van der Waals surface area contributed by atoms with E-state index in [-0.39, 0.29) is 11.8 Å². The molecule has 0 saturated carbocycles. The number of carbonyl (C=O) groups excluding carboxylic acids is 1. The molecule has 0 spiro atoms. The van der Waals surface area contributed by atoms with E-state index >= 15 is 0 Å². The van der Waals surface area contributed by atoms with Gasteiger partial charge in [-0.05, 0) is 23.5 Å². The van der Waals surface area contributed by atoms with Crippen LogP contribution in [0.25, 0.3) is 0 Å². The first kappa shape index (κ1) is 13.5. The van der Waals surface area contributed by atoms with Crippen LogP contribution in [0.5, 0.6) is 0 Å². The third-order valence-electron chi connectivity index (χ3n) is 3.72. The highest BCUT2D eigenvalue weighted by atomic mass is 16.4. The second-order valence-electron chi connectivity index (χ2n) is 4.83. The van der Waals surface area contributed by atoms with Crippen LogP contribution in [-0.2, 0) is 11.3 Å². The molecule has 2 rings (SSSR count). The van der Waals surface area contributed by atoms with Crippen LogP contribution in [0.3, 0.4) is 0 Å². The molecule has 3 N–H and O–H groups in total. The van der Waals surface area contributed by atoms with Gasteiger partial charge in [0.05, 0.1) is 5.92 Å². The normalized spacial score (nSPS) is 17.3. The van der Waals surface area contributed by atoms with Crippen LogP contribution in [0.15, 0.2) is 18.2 Å². The lowest BCUT2D eigenvalue weighted by atomic mass is 9.81. The van der Waals surface area contributed by atoms with E-state index in [1.165, 1.54) is 0 Å². The minimum absolute atomic E-state index is 0.156. The van der Waals surface area contributed by atoms with Crippen molar-refractivity contribution in [2.24, 2.45) is 5.92 Å². The average Bonchev–Trinajstić information content (AvgIpc) is 2.39. The van der Waals surface area contributed by atoms with Gasteiger partial charge in [-0.15, -0.1) is 0 Å². The molecule has 0 radical (unpaired) electrons. The summed E-state index contributed by atoms with van der Waals surface area (Å²) in [6.07, 6.45) is 0.685. The smallest absolute Gasteiger partial charge is 0.306 e. The van der Waals surface area contributed by atoms with Gasteiger partial charge in [0.25, 0.3) is 5.91 Å². The first-order valence-corrected chi connectivity index (χ1v) is 6.44. The van der Waals surface area contributed by atoms with Crippen molar-refractivity contribution in [3.05, 3.63) is 34.9 Å². The molecule has 2 atom stereocenters. The number of carbonyl (C=O) groups is 2. The maximum atomic E-state index is 12.0. The zero-order chi connectivity index (χ0) is 14.0.